The molecule has 258 valence electrons. The number of benzene rings is 3. The first-order valence-electron chi connectivity index (χ1n) is 17.0. The molecule has 0 aliphatic carbocycles. The van der Waals surface area contributed by atoms with Crippen molar-refractivity contribution in [1.82, 2.24) is 10.2 Å². The van der Waals surface area contributed by atoms with E-state index >= 15 is 0 Å². The average Bonchev–Trinajstić information content (AvgIpc) is 3.41. The lowest BCUT2D eigenvalue weighted by Crippen LogP contribution is -2.50. The van der Waals surface area contributed by atoms with Crippen molar-refractivity contribution < 1.29 is 23.9 Å². The number of carbonyl (C=O) groups is 3. The Hall–Kier alpha value is -4.21. The number of amides is 3. The number of para-hydroxylation sites is 3. The molecule has 2 aliphatic rings. The van der Waals surface area contributed by atoms with E-state index in [1.54, 1.807) is 50.6 Å². The van der Waals surface area contributed by atoms with E-state index in [1.165, 1.54) is 6.07 Å². The fourth-order valence-electron chi connectivity index (χ4n) is 5.07. The van der Waals surface area contributed by atoms with Crippen molar-refractivity contribution in [1.29, 1.82) is 0 Å². The Balaban J connectivity index is 0.00000128. The van der Waals surface area contributed by atoms with Gasteiger partial charge < -0.3 is 19.7 Å². The summed E-state index contributed by atoms with van der Waals surface area (Å²) >= 11 is 0. The van der Waals surface area contributed by atoms with Gasteiger partial charge in [-0.3, -0.25) is 19.3 Å². The van der Waals surface area contributed by atoms with Crippen LogP contribution in [0.25, 0.3) is 0 Å². The Morgan fingerprint density at radius 3 is 1.91 bits per heavy atom. The highest BCUT2D eigenvalue weighted by atomic mass is 16.5. The molecular formula is C38H56N4O5. The normalized spacial score (nSPS) is 14.0. The maximum atomic E-state index is 13.0. The number of nitrogens with zero attached hydrogens (tertiary/aromatic N) is 3. The quantitative estimate of drug-likeness (QED) is 0.246. The Morgan fingerprint density at radius 1 is 0.745 bits per heavy atom. The van der Waals surface area contributed by atoms with Gasteiger partial charge >= 0.3 is 0 Å². The summed E-state index contributed by atoms with van der Waals surface area (Å²) < 4.78 is 11.2. The molecule has 5 rings (SSSR count). The van der Waals surface area contributed by atoms with Gasteiger partial charge in [-0.2, -0.15) is 0 Å². The van der Waals surface area contributed by atoms with Crippen LogP contribution in [0, 0.1) is 0 Å². The number of carbonyl (C=O) groups excluding carboxylic acids is 3. The van der Waals surface area contributed by atoms with Gasteiger partial charge in [0, 0.05) is 51.9 Å². The van der Waals surface area contributed by atoms with E-state index < -0.39 is 11.8 Å². The summed E-state index contributed by atoms with van der Waals surface area (Å²) in [4.78, 5) is 44.6. The largest absolute Gasteiger partial charge is 0.495 e. The van der Waals surface area contributed by atoms with E-state index in [0.717, 1.165) is 42.5 Å². The molecule has 3 aromatic carbocycles. The molecule has 9 heteroatoms. The summed E-state index contributed by atoms with van der Waals surface area (Å²) in [6.07, 6.45) is -0.196. The first-order chi connectivity index (χ1) is 23.0. The number of ether oxygens (including phenoxy) is 2. The van der Waals surface area contributed by atoms with Crippen LogP contribution >= 0.6 is 0 Å². The standard InChI is InChI=1S/C30H32N4O5.4C2H6/c1-38-23(20-32-14-16-33(17-15-32)26-10-6-7-11-27(26)39-2)19-31-28(35)21-12-13-24-25(18-21)30(37)34(29(24)36)22-8-4-3-5-9-22;4*1-2/h3-13,18,23H,14-17,19-20H2,1-2H3,(H,31,35);4*1-2H3. The lowest BCUT2D eigenvalue weighted by Gasteiger charge is -2.37. The minimum Gasteiger partial charge on any atom is -0.495 e. The van der Waals surface area contributed by atoms with E-state index in [1.807, 2.05) is 79.7 Å². The third-order valence-electron chi connectivity index (χ3n) is 7.25. The first-order valence-corrected chi connectivity index (χ1v) is 17.0. The fraction of sp³-hybridized carbons (Fsp3) is 0.447. The molecule has 0 radical (unpaired) electrons. The van der Waals surface area contributed by atoms with Crippen LogP contribution in [0.5, 0.6) is 5.75 Å². The maximum Gasteiger partial charge on any atom is 0.266 e. The van der Waals surface area contributed by atoms with Gasteiger partial charge in [-0.25, -0.2) is 4.90 Å². The van der Waals surface area contributed by atoms with E-state index in [2.05, 4.69) is 21.2 Å². The summed E-state index contributed by atoms with van der Waals surface area (Å²) in [5.74, 6) is -0.274. The van der Waals surface area contributed by atoms with Crippen molar-refractivity contribution in [3.63, 3.8) is 0 Å². The number of hydrogen-bond donors (Lipinski definition) is 1. The van der Waals surface area contributed by atoms with Crippen LogP contribution < -0.4 is 19.9 Å². The number of anilines is 2. The fourth-order valence-corrected chi connectivity index (χ4v) is 5.07. The number of nitrogens with one attached hydrogen (secondary N) is 1. The molecule has 1 unspecified atom stereocenters. The highest BCUT2D eigenvalue weighted by molar-refractivity contribution is 6.34. The van der Waals surface area contributed by atoms with Crippen LogP contribution in [0.15, 0.2) is 72.8 Å². The molecular weight excluding hydrogens is 592 g/mol. The lowest BCUT2D eigenvalue weighted by molar-refractivity contribution is 0.0584. The van der Waals surface area contributed by atoms with Crippen molar-refractivity contribution >= 4 is 29.1 Å². The molecule has 2 heterocycles. The van der Waals surface area contributed by atoms with Gasteiger partial charge in [-0.1, -0.05) is 85.7 Å². The number of fused-ring (bicyclic) bond motifs is 1. The van der Waals surface area contributed by atoms with Crippen LogP contribution in [0.2, 0.25) is 0 Å². The molecule has 1 saturated heterocycles. The molecule has 1 fully saturated rings. The summed E-state index contributed by atoms with van der Waals surface area (Å²) in [5.41, 5.74) is 2.44. The molecule has 0 bridgehead atoms. The monoisotopic (exact) mass is 648 g/mol. The Morgan fingerprint density at radius 2 is 1.32 bits per heavy atom. The van der Waals surface area contributed by atoms with Crippen molar-refractivity contribution in [2.75, 3.05) is 63.3 Å². The molecule has 1 atom stereocenters. The Bertz CT molecular complexity index is 1360. The summed E-state index contributed by atoms with van der Waals surface area (Å²) in [6.45, 7) is 20.5. The smallest absolute Gasteiger partial charge is 0.266 e. The minimum absolute atomic E-state index is 0.196. The first kappa shape index (κ1) is 40.8. The third-order valence-corrected chi connectivity index (χ3v) is 7.25. The zero-order chi connectivity index (χ0) is 35.4. The number of imide groups is 1. The molecule has 3 aromatic rings. The third kappa shape index (κ3) is 10.7. The molecule has 3 amide bonds. The van der Waals surface area contributed by atoms with Crippen LogP contribution in [0.3, 0.4) is 0 Å². The topological polar surface area (TPSA) is 91.4 Å². The van der Waals surface area contributed by atoms with Gasteiger partial charge in [-0.15, -0.1) is 0 Å². The van der Waals surface area contributed by atoms with Gasteiger partial charge in [-0.05, 0) is 42.5 Å². The number of piperazine rings is 1. The van der Waals surface area contributed by atoms with Gasteiger partial charge in [0.05, 0.1) is 35.7 Å². The van der Waals surface area contributed by atoms with E-state index in [0.29, 0.717) is 29.9 Å². The van der Waals surface area contributed by atoms with E-state index in [4.69, 9.17) is 9.47 Å². The second-order valence-electron chi connectivity index (χ2n) is 9.57. The zero-order valence-electron chi connectivity index (χ0n) is 30.1. The lowest BCUT2D eigenvalue weighted by atomic mass is 10.1. The minimum atomic E-state index is -0.433. The predicted molar refractivity (Wildman–Crippen MR) is 194 cm³/mol. The van der Waals surface area contributed by atoms with Crippen molar-refractivity contribution in [3.8, 4) is 5.75 Å². The van der Waals surface area contributed by atoms with Crippen LogP contribution in [-0.4, -0.2) is 82.2 Å². The highest BCUT2D eigenvalue weighted by Gasteiger charge is 2.37. The van der Waals surface area contributed by atoms with Crippen LogP contribution in [0.4, 0.5) is 11.4 Å². The van der Waals surface area contributed by atoms with E-state index in [9.17, 15) is 14.4 Å². The van der Waals surface area contributed by atoms with Crippen molar-refractivity contribution in [2.45, 2.75) is 61.5 Å². The zero-order valence-corrected chi connectivity index (χ0v) is 30.1. The molecule has 0 spiro atoms. The van der Waals surface area contributed by atoms with Crippen LogP contribution in [-0.2, 0) is 4.74 Å². The number of rotatable bonds is 9. The molecule has 9 nitrogen and oxygen atoms in total. The van der Waals surface area contributed by atoms with Gasteiger partial charge in [0.2, 0.25) is 0 Å². The van der Waals surface area contributed by atoms with Gasteiger partial charge in [0.25, 0.3) is 17.7 Å². The Labute approximate surface area is 282 Å². The molecule has 1 N–H and O–H groups in total. The number of methoxy groups -OCH3 is 2. The maximum absolute atomic E-state index is 13.0. The molecule has 0 aromatic heterocycles. The van der Waals surface area contributed by atoms with Gasteiger partial charge in [0.15, 0.2) is 0 Å². The van der Waals surface area contributed by atoms with Crippen molar-refractivity contribution in [2.24, 2.45) is 0 Å². The van der Waals surface area contributed by atoms with Crippen molar-refractivity contribution in [3.05, 3.63) is 89.5 Å². The van der Waals surface area contributed by atoms with Gasteiger partial charge in [0.1, 0.15) is 5.75 Å². The summed E-state index contributed by atoms with van der Waals surface area (Å²) in [7, 11) is 3.33. The molecule has 0 saturated carbocycles. The molecule has 2 aliphatic heterocycles. The predicted octanol–water partition coefficient (Wildman–Crippen LogP) is 7.17. The second-order valence-corrected chi connectivity index (χ2v) is 9.57. The molecule has 47 heavy (non-hydrogen) atoms. The Kier molecular flexibility index (Phi) is 19.4. The highest BCUT2D eigenvalue weighted by Crippen LogP contribution is 2.30. The van der Waals surface area contributed by atoms with E-state index in [-0.39, 0.29) is 17.6 Å². The number of hydrogen-bond acceptors (Lipinski definition) is 7. The average molecular weight is 649 g/mol. The SMILES string of the molecule is CC.CC.CC.CC.COc1ccccc1N1CCN(CC(CNC(=O)c2ccc3c(c2)C(=O)N(c2ccccc2)C3=O)OC)CC1. The van der Waals surface area contributed by atoms with Crippen LogP contribution in [0.1, 0.15) is 86.5 Å². The summed E-state index contributed by atoms with van der Waals surface area (Å²) in [6, 6.07) is 21.4. The summed E-state index contributed by atoms with van der Waals surface area (Å²) in [5, 5.41) is 2.92. The second kappa shape index (κ2) is 22.3.